The SMILES string of the molecule is Cc1cc(CNc2nnc(C)c3ccccc23)sc1C. The maximum atomic E-state index is 4.29. The standard InChI is InChI=1S/C16H17N3S/c1-10-8-13(20-12(10)3)9-17-16-15-7-5-4-6-14(15)11(2)18-19-16/h4-8H,9H2,1-3H3,(H,17,19). The van der Waals surface area contributed by atoms with Gasteiger partial charge in [-0.1, -0.05) is 24.3 Å². The van der Waals surface area contributed by atoms with Crippen molar-refractivity contribution < 1.29 is 0 Å². The first-order valence-corrected chi connectivity index (χ1v) is 7.48. The van der Waals surface area contributed by atoms with Crippen LogP contribution in [0.3, 0.4) is 0 Å². The van der Waals surface area contributed by atoms with E-state index in [1.54, 1.807) is 0 Å². The van der Waals surface area contributed by atoms with Crippen LogP contribution in [0.5, 0.6) is 0 Å². The molecule has 0 saturated heterocycles. The van der Waals surface area contributed by atoms with E-state index in [0.29, 0.717) is 0 Å². The van der Waals surface area contributed by atoms with Crippen molar-refractivity contribution in [3.63, 3.8) is 0 Å². The fourth-order valence-corrected chi connectivity index (χ4v) is 3.27. The molecule has 3 aromatic rings. The summed E-state index contributed by atoms with van der Waals surface area (Å²) in [4.78, 5) is 2.70. The van der Waals surface area contributed by atoms with Gasteiger partial charge in [0.15, 0.2) is 5.82 Å². The number of aryl methyl sites for hydroxylation is 3. The Bertz CT molecular complexity index is 742. The van der Waals surface area contributed by atoms with Crippen LogP contribution in [0, 0.1) is 20.8 Å². The largest absolute Gasteiger partial charge is 0.363 e. The molecule has 20 heavy (non-hydrogen) atoms. The lowest BCUT2D eigenvalue weighted by atomic mass is 10.1. The lowest BCUT2D eigenvalue weighted by Gasteiger charge is -2.08. The Morgan fingerprint density at radius 1 is 1.05 bits per heavy atom. The number of nitrogens with one attached hydrogen (secondary N) is 1. The zero-order chi connectivity index (χ0) is 14.1. The van der Waals surface area contributed by atoms with Crippen molar-refractivity contribution in [2.75, 3.05) is 5.32 Å². The highest BCUT2D eigenvalue weighted by Gasteiger charge is 2.07. The topological polar surface area (TPSA) is 37.8 Å². The molecule has 1 N–H and O–H groups in total. The molecule has 2 aromatic heterocycles. The molecule has 4 heteroatoms. The van der Waals surface area contributed by atoms with E-state index in [-0.39, 0.29) is 0 Å². The van der Waals surface area contributed by atoms with Crippen molar-refractivity contribution in [1.29, 1.82) is 0 Å². The number of fused-ring (bicyclic) bond motifs is 1. The second kappa shape index (κ2) is 5.21. The fraction of sp³-hybridized carbons (Fsp3) is 0.250. The highest BCUT2D eigenvalue weighted by molar-refractivity contribution is 7.12. The predicted octanol–water partition coefficient (Wildman–Crippen LogP) is 4.23. The first-order valence-electron chi connectivity index (χ1n) is 6.67. The Balaban J connectivity index is 1.89. The number of thiophene rings is 1. The second-order valence-corrected chi connectivity index (χ2v) is 6.33. The van der Waals surface area contributed by atoms with Gasteiger partial charge in [-0.3, -0.25) is 0 Å². The van der Waals surface area contributed by atoms with Crippen LogP contribution in [-0.2, 0) is 6.54 Å². The molecule has 0 radical (unpaired) electrons. The zero-order valence-electron chi connectivity index (χ0n) is 11.9. The van der Waals surface area contributed by atoms with E-state index in [9.17, 15) is 0 Å². The molecule has 0 spiro atoms. The maximum Gasteiger partial charge on any atom is 0.156 e. The van der Waals surface area contributed by atoms with Crippen molar-refractivity contribution in [2.45, 2.75) is 27.3 Å². The third-order valence-corrected chi connectivity index (χ3v) is 4.67. The van der Waals surface area contributed by atoms with Crippen molar-refractivity contribution in [1.82, 2.24) is 10.2 Å². The van der Waals surface area contributed by atoms with Crippen molar-refractivity contribution in [2.24, 2.45) is 0 Å². The summed E-state index contributed by atoms with van der Waals surface area (Å²) in [6, 6.07) is 10.5. The predicted molar refractivity (Wildman–Crippen MR) is 85.4 cm³/mol. The normalized spacial score (nSPS) is 10.9. The van der Waals surface area contributed by atoms with E-state index in [1.807, 2.05) is 30.4 Å². The van der Waals surface area contributed by atoms with Crippen LogP contribution in [-0.4, -0.2) is 10.2 Å². The Morgan fingerprint density at radius 3 is 2.50 bits per heavy atom. The van der Waals surface area contributed by atoms with E-state index >= 15 is 0 Å². The van der Waals surface area contributed by atoms with E-state index in [0.717, 1.165) is 28.8 Å². The van der Waals surface area contributed by atoms with Gasteiger partial charge in [-0.25, -0.2) is 0 Å². The summed E-state index contributed by atoms with van der Waals surface area (Å²) in [7, 11) is 0. The molecule has 0 unspecified atom stereocenters. The number of aromatic nitrogens is 2. The summed E-state index contributed by atoms with van der Waals surface area (Å²) in [6.45, 7) is 7.09. The minimum atomic E-state index is 0.793. The maximum absolute atomic E-state index is 4.29. The van der Waals surface area contributed by atoms with Gasteiger partial charge in [0.2, 0.25) is 0 Å². The van der Waals surface area contributed by atoms with Gasteiger partial charge in [-0.05, 0) is 32.4 Å². The smallest absolute Gasteiger partial charge is 0.156 e. The second-order valence-electron chi connectivity index (χ2n) is 4.99. The number of hydrogen-bond donors (Lipinski definition) is 1. The monoisotopic (exact) mass is 283 g/mol. The van der Waals surface area contributed by atoms with Gasteiger partial charge < -0.3 is 5.32 Å². The van der Waals surface area contributed by atoms with Gasteiger partial charge in [-0.2, -0.15) is 5.10 Å². The number of hydrogen-bond acceptors (Lipinski definition) is 4. The molecular weight excluding hydrogens is 266 g/mol. The van der Waals surface area contributed by atoms with E-state index in [2.05, 4.69) is 47.6 Å². The number of nitrogens with zero attached hydrogens (tertiary/aromatic N) is 2. The summed E-state index contributed by atoms with van der Waals surface area (Å²) in [6.07, 6.45) is 0. The van der Waals surface area contributed by atoms with Crippen LogP contribution >= 0.6 is 11.3 Å². The Morgan fingerprint density at radius 2 is 1.80 bits per heavy atom. The van der Waals surface area contributed by atoms with Crippen LogP contribution in [0.1, 0.15) is 21.0 Å². The third-order valence-electron chi connectivity index (χ3n) is 3.52. The lowest BCUT2D eigenvalue weighted by molar-refractivity contribution is 0.986. The van der Waals surface area contributed by atoms with Gasteiger partial charge in [-0.15, -0.1) is 16.4 Å². The van der Waals surface area contributed by atoms with Crippen molar-refractivity contribution in [3.05, 3.63) is 51.3 Å². The molecule has 0 aliphatic heterocycles. The molecule has 0 bridgehead atoms. The van der Waals surface area contributed by atoms with E-state index in [1.165, 1.54) is 15.3 Å². The Labute approximate surface area is 122 Å². The first kappa shape index (κ1) is 13.1. The minimum Gasteiger partial charge on any atom is -0.363 e. The van der Waals surface area contributed by atoms with Crippen LogP contribution in [0.4, 0.5) is 5.82 Å². The van der Waals surface area contributed by atoms with Crippen LogP contribution < -0.4 is 5.32 Å². The number of rotatable bonds is 3. The summed E-state index contributed by atoms with van der Waals surface area (Å²) in [5, 5.41) is 14.2. The summed E-state index contributed by atoms with van der Waals surface area (Å²) < 4.78 is 0. The number of anilines is 1. The average Bonchev–Trinajstić information content (AvgIpc) is 2.77. The zero-order valence-corrected chi connectivity index (χ0v) is 12.7. The molecule has 0 atom stereocenters. The van der Waals surface area contributed by atoms with Crippen molar-refractivity contribution in [3.8, 4) is 0 Å². The minimum absolute atomic E-state index is 0.793. The van der Waals surface area contributed by atoms with E-state index < -0.39 is 0 Å². The Hall–Kier alpha value is -1.94. The van der Waals surface area contributed by atoms with Crippen LogP contribution in [0.2, 0.25) is 0 Å². The molecule has 3 rings (SSSR count). The molecule has 0 fully saturated rings. The van der Waals surface area contributed by atoms with Crippen LogP contribution in [0.25, 0.3) is 10.8 Å². The summed E-state index contributed by atoms with van der Waals surface area (Å²) in [5.74, 6) is 0.856. The third kappa shape index (κ3) is 2.39. The average molecular weight is 283 g/mol. The quantitative estimate of drug-likeness (QED) is 0.781. The van der Waals surface area contributed by atoms with Gasteiger partial charge in [0.25, 0.3) is 0 Å². The summed E-state index contributed by atoms with van der Waals surface area (Å²) >= 11 is 1.83. The van der Waals surface area contributed by atoms with Gasteiger partial charge in [0.05, 0.1) is 12.2 Å². The molecule has 0 aliphatic rings. The highest BCUT2D eigenvalue weighted by Crippen LogP contribution is 2.25. The molecule has 102 valence electrons. The fourth-order valence-electron chi connectivity index (χ4n) is 2.28. The highest BCUT2D eigenvalue weighted by atomic mass is 32.1. The summed E-state index contributed by atoms with van der Waals surface area (Å²) in [5.41, 5.74) is 2.32. The van der Waals surface area contributed by atoms with Gasteiger partial charge >= 0.3 is 0 Å². The lowest BCUT2D eigenvalue weighted by Crippen LogP contribution is -2.03. The van der Waals surface area contributed by atoms with Gasteiger partial charge in [0.1, 0.15) is 0 Å². The van der Waals surface area contributed by atoms with E-state index in [4.69, 9.17) is 0 Å². The molecule has 2 heterocycles. The molecule has 0 saturated carbocycles. The molecule has 0 aliphatic carbocycles. The molecule has 1 aromatic carbocycles. The molecule has 0 amide bonds. The number of benzene rings is 1. The molecular formula is C16H17N3S. The Kier molecular flexibility index (Phi) is 3.40. The van der Waals surface area contributed by atoms with Crippen LogP contribution in [0.15, 0.2) is 30.3 Å². The first-order chi connectivity index (χ1) is 9.65. The van der Waals surface area contributed by atoms with Gasteiger partial charge in [0, 0.05) is 20.5 Å². The van der Waals surface area contributed by atoms with Crippen molar-refractivity contribution >= 4 is 27.9 Å². The molecule has 3 nitrogen and oxygen atoms in total.